The maximum atomic E-state index is 8.37. The SMILES string of the molecule is CCc1ccc(N2CCC/C(=C(\Br)NC)C2=N)cc1. The molecule has 0 amide bonds. The van der Waals surface area contributed by atoms with Gasteiger partial charge in [0.2, 0.25) is 0 Å². The first kappa shape index (κ1) is 14.1. The molecule has 1 saturated heterocycles. The number of nitrogens with one attached hydrogen (secondary N) is 2. The predicted molar refractivity (Wildman–Crippen MR) is 85.1 cm³/mol. The van der Waals surface area contributed by atoms with Crippen molar-refractivity contribution in [3.63, 3.8) is 0 Å². The molecule has 1 aromatic rings. The summed E-state index contributed by atoms with van der Waals surface area (Å²) in [5.74, 6) is 0.594. The summed E-state index contributed by atoms with van der Waals surface area (Å²) in [4.78, 5) is 2.08. The molecule has 0 bridgehead atoms. The zero-order valence-electron chi connectivity index (χ0n) is 11.5. The number of halogens is 1. The summed E-state index contributed by atoms with van der Waals surface area (Å²) in [5.41, 5.74) is 3.49. The van der Waals surface area contributed by atoms with E-state index in [1.807, 2.05) is 7.05 Å². The van der Waals surface area contributed by atoms with E-state index in [4.69, 9.17) is 5.41 Å². The number of amidine groups is 1. The lowest BCUT2D eigenvalue weighted by Gasteiger charge is -2.32. The van der Waals surface area contributed by atoms with Gasteiger partial charge in [0.1, 0.15) is 5.84 Å². The minimum Gasteiger partial charge on any atom is -0.382 e. The van der Waals surface area contributed by atoms with Crippen molar-refractivity contribution in [3.8, 4) is 0 Å². The molecule has 0 atom stereocenters. The Morgan fingerprint density at radius 1 is 1.37 bits per heavy atom. The van der Waals surface area contributed by atoms with E-state index in [1.165, 1.54) is 5.56 Å². The van der Waals surface area contributed by atoms with Crippen LogP contribution < -0.4 is 10.2 Å². The van der Waals surface area contributed by atoms with Gasteiger partial charge in [0, 0.05) is 24.9 Å². The number of aryl methyl sites for hydroxylation is 1. The molecule has 0 radical (unpaired) electrons. The van der Waals surface area contributed by atoms with Crippen LogP contribution in [0.25, 0.3) is 0 Å². The van der Waals surface area contributed by atoms with E-state index in [9.17, 15) is 0 Å². The molecule has 1 aromatic carbocycles. The average molecular weight is 322 g/mol. The van der Waals surface area contributed by atoms with Crippen molar-refractivity contribution in [2.45, 2.75) is 26.2 Å². The summed E-state index contributed by atoms with van der Waals surface area (Å²) in [7, 11) is 1.87. The van der Waals surface area contributed by atoms with Crippen molar-refractivity contribution >= 4 is 27.5 Å². The highest BCUT2D eigenvalue weighted by Gasteiger charge is 2.23. The topological polar surface area (TPSA) is 39.1 Å². The maximum absolute atomic E-state index is 8.37. The van der Waals surface area contributed by atoms with Crippen molar-refractivity contribution in [3.05, 3.63) is 40.0 Å². The van der Waals surface area contributed by atoms with Crippen LogP contribution >= 0.6 is 15.9 Å². The molecule has 0 unspecified atom stereocenters. The summed E-state index contributed by atoms with van der Waals surface area (Å²) in [6, 6.07) is 8.52. The lowest BCUT2D eigenvalue weighted by Crippen LogP contribution is -2.37. The summed E-state index contributed by atoms with van der Waals surface area (Å²) >= 11 is 3.50. The number of benzene rings is 1. The minimum absolute atomic E-state index is 0.594. The first-order valence-electron chi connectivity index (χ1n) is 6.69. The van der Waals surface area contributed by atoms with Gasteiger partial charge < -0.3 is 10.2 Å². The van der Waals surface area contributed by atoms with E-state index in [2.05, 4.69) is 57.3 Å². The van der Waals surface area contributed by atoms with Crippen LogP contribution in [0, 0.1) is 5.41 Å². The van der Waals surface area contributed by atoms with Crippen molar-refractivity contribution < 1.29 is 0 Å². The Morgan fingerprint density at radius 2 is 2.05 bits per heavy atom. The first-order chi connectivity index (χ1) is 9.17. The lowest BCUT2D eigenvalue weighted by molar-refractivity contribution is 0.776. The quantitative estimate of drug-likeness (QED) is 0.834. The van der Waals surface area contributed by atoms with Crippen LogP contribution in [0.15, 0.2) is 34.4 Å². The van der Waals surface area contributed by atoms with Gasteiger partial charge in [0.15, 0.2) is 0 Å². The van der Waals surface area contributed by atoms with Gasteiger partial charge in [-0.25, -0.2) is 0 Å². The van der Waals surface area contributed by atoms with Crippen LogP contribution in [0.2, 0.25) is 0 Å². The number of anilines is 1. The predicted octanol–water partition coefficient (Wildman–Crippen LogP) is 3.65. The molecule has 0 aliphatic carbocycles. The Kier molecular flexibility index (Phi) is 4.64. The molecule has 0 saturated carbocycles. The Labute approximate surface area is 123 Å². The molecule has 4 heteroatoms. The molecule has 102 valence electrons. The van der Waals surface area contributed by atoms with Crippen molar-refractivity contribution in [1.29, 1.82) is 5.41 Å². The molecule has 1 aliphatic rings. The number of hydrogen-bond donors (Lipinski definition) is 2. The molecule has 0 aromatic heterocycles. The number of hydrogen-bond acceptors (Lipinski definition) is 2. The fourth-order valence-electron chi connectivity index (χ4n) is 2.34. The normalized spacial score (nSPS) is 18.5. The summed E-state index contributed by atoms with van der Waals surface area (Å²) < 4.78 is 0.923. The number of piperidine rings is 1. The Hall–Kier alpha value is -1.29. The number of nitrogens with zero attached hydrogens (tertiary/aromatic N) is 1. The molecule has 3 nitrogen and oxygen atoms in total. The first-order valence-corrected chi connectivity index (χ1v) is 7.48. The second kappa shape index (κ2) is 6.24. The zero-order chi connectivity index (χ0) is 13.8. The zero-order valence-corrected chi connectivity index (χ0v) is 13.0. The lowest BCUT2D eigenvalue weighted by atomic mass is 10.0. The van der Waals surface area contributed by atoms with Gasteiger partial charge in [0.25, 0.3) is 0 Å². The van der Waals surface area contributed by atoms with Crippen LogP contribution in [-0.2, 0) is 6.42 Å². The van der Waals surface area contributed by atoms with Gasteiger partial charge in [-0.05, 0) is 52.9 Å². The van der Waals surface area contributed by atoms with Gasteiger partial charge in [-0.2, -0.15) is 0 Å². The van der Waals surface area contributed by atoms with E-state index in [0.717, 1.165) is 41.7 Å². The van der Waals surface area contributed by atoms with Gasteiger partial charge in [-0.15, -0.1) is 0 Å². The van der Waals surface area contributed by atoms with Crippen molar-refractivity contribution in [2.75, 3.05) is 18.5 Å². The Balaban J connectivity index is 2.26. The molecular formula is C15H20BrN3. The van der Waals surface area contributed by atoms with Crippen LogP contribution in [0.1, 0.15) is 25.3 Å². The molecule has 0 spiro atoms. The fraction of sp³-hybridized carbons (Fsp3) is 0.400. The highest BCUT2D eigenvalue weighted by molar-refractivity contribution is 9.11. The summed E-state index contributed by atoms with van der Waals surface area (Å²) in [5, 5.41) is 11.5. The van der Waals surface area contributed by atoms with E-state index in [0.29, 0.717) is 5.84 Å². The molecule has 19 heavy (non-hydrogen) atoms. The third kappa shape index (κ3) is 3.00. The monoisotopic (exact) mass is 321 g/mol. The van der Waals surface area contributed by atoms with E-state index in [-0.39, 0.29) is 0 Å². The molecule has 2 N–H and O–H groups in total. The molecule has 2 rings (SSSR count). The van der Waals surface area contributed by atoms with Gasteiger partial charge in [-0.3, -0.25) is 5.41 Å². The van der Waals surface area contributed by atoms with Gasteiger partial charge >= 0.3 is 0 Å². The molecule has 1 fully saturated rings. The minimum atomic E-state index is 0.594. The van der Waals surface area contributed by atoms with Crippen LogP contribution in [0.3, 0.4) is 0 Å². The van der Waals surface area contributed by atoms with E-state index >= 15 is 0 Å². The van der Waals surface area contributed by atoms with E-state index in [1.54, 1.807) is 0 Å². The Bertz CT molecular complexity index is 491. The van der Waals surface area contributed by atoms with E-state index < -0.39 is 0 Å². The second-order valence-electron chi connectivity index (χ2n) is 4.67. The largest absolute Gasteiger partial charge is 0.382 e. The van der Waals surface area contributed by atoms with Crippen molar-refractivity contribution in [1.82, 2.24) is 5.32 Å². The Morgan fingerprint density at radius 3 is 2.63 bits per heavy atom. The maximum Gasteiger partial charge on any atom is 0.131 e. The summed E-state index contributed by atoms with van der Waals surface area (Å²) in [6.07, 6.45) is 3.07. The van der Waals surface area contributed by atoms with Crippen LogP contribution in [0.5, 0.6) is 0 Å². The highest BCUT2D eigenvalue weighted by atomic mass is 79.9. The smallest absolute Gasteiger partial charge is 0.131 e. The molecular weight excluding hydrogens is 302 g/mol. The second-order valence-corrected chi connectivity index (χ2v) is 5.46. The molecule has 1 heterocycles. The third-order valence-corrected chi connectivity index (χ3v) is 4.38. The average Bonchev–Trinajstić information content (AvgIpc) is 2.47. The van der Waals surface area contributed by atoms with Gasteiger partial charge in [-0.1, -0.05) is 19.1 Å². The highest BCUT2D eigenvalue weighted by Crippen LogP contribution is 2.27. The third-order valence-electron chi connectivity index (χ3n) is 3.50. The molecule has 1 aliphatic heterocycles. The van der Waals surface area contributed by atoms with Crippen molar-refractivity contribution in [2.24, 2.45) is 0 Å². The standard InChI is InChI=1S/C15H20BrN3/c1-3-11-6-8-12(9-7-11)19-10-4-5-13(15(19)17)14(16)18-2/h6-9,17-18H,3-5,10H2,1-2H3/b14-13-,17-15?. The van der Waals surface area contributed by atoms with Crippen LogP contribution in [-0.4, -0.2) is 19.4 Å². The van der Waals surface area contributed by atoms with Crippen LogP contribution in [0.4, 0.5) is 5.69 Å². The fourth-order valence-corrected chi connectivity index (χ4v) is 2.73. The number of rotatable bonds is 3. The summed E-state index contributed by atoms with van der Waals surface area (Å²) in [6.45, 7) is 3.07. The van der Waals surface area contributed by atoms with Gasteiger partial charge in [0.05, 0.1) is 4.61 Å².